The van der Waals surface area contributed by atoms with Crippen LogP contribution in [0.2, 0.25) is 0 Å². The van der Waals surface area contributed by atoms with Gasteiger partial charge in [0.1, 0.15) is 5.75 Å². The summed E-state index contributed by atoms with van der Waals surface area (Å²) < 4.78 is 11.7. The van der Waals surface area contributed by atoms with Crippen LogP contribution in [0.5, 0.6) is 5.75 Å². The highest BCUT2D eigenvalue weighted by Gasteiger charge is 2.14. The Hall–Kier alpha value is -2.32. The molecule has 0 aliphatic rings. The van der Waals surface area contributed by atoms with Crippen LogP contribution in [0.1, 0.15) is 5.56 Å². The second-order valence-electron chi connectivity index (χ2n) is 5.39. The van der Waals surface area contributed by atoms with E-state index in [0.717, 1.165) is 15.6 Å². The van der Waals surface area contributed by atoms with E-state index in [9.17, 15) is 4.79 Å². The summed E-state index contributed by atoms with van der Waals surface area (Å²) in [5, 5.41) is 11.2. The van der Waals surface area contributed by atoms with Gasteiger partial charge in [-0.3, -0.25) is 4.79 Å². The number of carbonyl (C=O) groups is 1. The molecule has 0 bridgehead atoms. The van der Waals surface area contributed by atoms with E-state index in [2.05, 4.69) is 31.4 Å². The van der Waals surface area contributed by atoms with Crippen LogP contribution in [0, 0.1) is 6.92 Å². The normalized spacial score (nSPS) is 10.6. The van der Waals surface area contributed by atoms with Crippen LogP contribution in [-0.4, -0.2) is 29.0 Å². The zero-order chi connectivity index (χ0) is 18.5. The number of benzene rings is 2. The molecule has 0 radical (unpaired) electrons. The zero-order valence-electron chi connectivity index (χ0n) is 14.2. The SMILES string of the molecule is COc1ccc(C)cc1NC(=O)CSc1nnc(-c2ccccc2Br)o1. The van der Waals surface area contributed by atoms with E-state index in [4.69, 9.17) is 9.15 Å². The van der Waals surface area contributed by atoms with Crippen molar-refractivity contribution < 1.29 is 13.9 Å². The fourth-order valence-corrected chi connectivity index (χ4v) is 3.26. The number of anilines is 1. The Morgan fingerprint density at radius 3 is 2.85 bits per heavy atom. The highest BCUT2D eigenvalue weighted by molar-refractivity contribution is 9.10. The summed E-state index contributed by atoms with van der Waals surface area (Å²) in [7, 11) is 1.57. The summed E-state index contributed by atoms with van der Waals surface area (Å²) in [6.45, 7) is 1.95. The van der Waals surface area contributed by atoms with Gasteiger partial charge in [0.15, 0.2) is 0 Å². The highest BCUT2D eigenvalue weighted by Crippen LogP contribution is 2.29. The van der Waals surface area contributed by atoms with Crippen molar-refractivity contribution in [3.63, 3.8) is 0 Å². The molecular weight excluding hydrogens is 418 g/mol. The van der Waals surface area contributed by atoms with Crippen LogP contribution < -0.4 is 10.1 Å². The van der Waals surface area contributed by atoms with Crippen molar-refractivity contribution in [1.29, 1.82) is 0 Å². The number of nitrogens with one attached hydrogen (secondary N) is 1. The van der Waals surface area contributed by atoms with Gasteiger partial charge in [-0.2, -0.15) is 0 Å². The third-order valence-electron chi connectivity index (χ3n) is 3.47. The number of aryl methyl sites for hydroxylation is 1. The van der Waals surface area contributed by atoms with Gasteiger partial charge in [0.05, 0.1) is 24.1 Å². The molecule has 0 spiro atoms. The number of hydrogen-bond donors (Lipinski definition) is 1. The van der Waals surface area contributed by atoms with E-state index >= 15 is 0 Å². The molecule has 0 unspecified atom stereocenters. The minimum absolute atomic E-state index is 0.148. The van der Waals surface area contributed by atoms with Gasteiger partial charge in [0.2, 0.25) is 11.8 Å². The molecular formula is C18H16BrN3O3S. The smallest absolute Gasteiger partial charge is 0.277 e. The molecule has 3 rings (SSSR count). The lowest BCUT2D eigenvalue weighted by Gasteiger charge is -2.10. The maximum absolute atomic E-state index is 12.2. The Bertz CT molecular complexity index is 930. The van der Waals surface area contributed by atoms with Crippen molar-refractivity contribution in [3.8, 4) is 17.2 Å². The summed E-state index contributed by atoms with van der Waals surface area (Å²) in [5.41, 5.74) is 2.47. The number of nitrogens with zero attached hydrogens (tertiary/aromatic N) is 2. The second kappa shape index (κ2) is 8.37. The monoisotopic (exact) mass is 433 g/mol. The lowest BCUT2D eigenvalue weighted by molar-refractivity contribution is -0.113. The van der Waals surface area contributed by atoms with Crippen LogP contribution in [0.4, 0.5) is 5.69 Å². The lowest BCUT2D eigenvalue weighted by atomic mass is 10.2. The molecule has 26 heavy (non-hydrogen) atoms. The quantitative estimate of drug-likeness (QED) is 0.574. The number of rotatable bonds is 6. The first kappa shape index (κ1) is 18.5. The predicted octanol–water partition coefficient (Wildman–Crippen LogP) is 4.55. The first-order valence-corrected chi connectivity index (χ1v) is 9.50. The number of thioether (sulfide) groups is 1. The second-order valence-corrected chi connectivity index (χ2v) is 7.17. The van der Waals surface area contributed by atoms with Gasteiger partial charge in [-0.05, 0) is 52.7 Å². The molecule has 0 fully saturated rings. The number of carbonyl (C=O) groups excluding carboxylic acids is 1. The number of methoxy groups -OCH3 is 1. The van der Waals surface area contributed by atoms with E-state index < -0.39 is 0 Å². The molecule has 1 aromatic heterocycles. The Morgan fingerprint density at radius 1 is 1.27 bits per heavy atom. The van der Waals surface area contributed by atoms with E-state index in [-0.39, 0.29) is 11.7 Å². The molecule has 0 saturated carbocycles. The first-order chi connectivity index (χ1) is 12.6. The fourth-order valence-electron chi connectivity index (χ4n) is 2.24. The van der Waals surface area contributed by atoms with E-state index in [1.165, 1.54) is 11.8 Å². The standard InChI is InChI=1S/C18H16BrN3O3S/c1-11-7-8-15(24-2)14(9-11)20-16(23)10-26-18-22-21-17(25-18)12-5-3-4-6-13(12)19/h3-9H,10H2,1-2H3,(H,20,23). The number of hydrogen-bond acceptors (Lipinski definition) is 6. The van der Waals surface area contributed by atoms with Gasteiger partial charge in [0, 0.05) is 4.47 Å². The summed E-state index contributed by atoms with van der Waals surface area (Å²) in [4.78, 5) is 12.2. The summed E-state index contributed by atoms with van der Waals surface area (Å²) in [6.07, 6.45) is 0. The molecule has 2 aromatic carbocycles. The zero-order valence-corrected chi connectivity index (χ0v) is 16.6. The van der Waals surface area contributed by atoms with Gasteiger partial charge in [-0.1, -0.05) is 30.0 Å². The molecule has 0 saturated heterocycles. The highest BCUT2D eigenvalue weighted by atomic mass is 79.9. The van der Waals surface area contributed by atoms with Gasteiger partial charge in [-0.25, -0.2) is 0 Å². The Labute approximate surface area is 163 Å². The maximum Gasteiger partial charge on any atom is 0.277 e. The molecule has 0 aliphatic carbocycles. The molecule has 8 heteroatoms. The summed E-state index contributed by atoms with van der Waals surface area (Å²) >= 11 is 4.63. The van der Waals surface area contributed by atoms with Crippen molar-refractivity contribution in [2.75, 3.05) is 18.2 Å². The van der Waals surface area contributed by atoms with Crippen LogP contribution in [-0.2, 0) is 4.79 Å². The van der Waals surface area contributed by atoms with Crippen molar-refractivity contribution >= 4 is 39.3 Å². The summed E-state index contributed by atoms with van der Waals surface area (Å²) in [6, 6.07) is 13.2. The fraction of sp³-hybridized carbons (Fsp3) is 0.167. The molecule has 1 amide bonds. The average molecular weight is 434 g/mol. The molecule has 1 N–H and O–H groups in total. The van der Waals surface area contributed by atoms with Crippen molar-refractivity contribution in [2.24, 2.45) is 0 Å². The first-order valence-electron chi connectivity index (χ1n) is 7.72. The van der Waals surface area contributed by atoms with Crippen molar-refractivity contribution in [3.05, 3.63) is 52.5 Å². The Morgan fingerprint density at radius 2 is 2.08 bits per heavy atom. The molecule has 0 atom stereocenters. The molecule has 0 aliphatic heterocycles. The van der Waals surface area contributed by atoms with Crippen molar-refractivity contribution in [1.82, 2.24) is 10.2 Å². The van der Waals surface area contributed by atoms with E-state index in [0.29, 0.717) is 22.6 Å². The topological polar surface area (TPSA) is 77.2 Å². The Kier molecular flexibility index (Phi) is 5.95. The van der Waals surface area contributed by atoms with E-state index in [1.54, 1.807) is 7.11 Å². The lowest BCUT2D eigenvalue weighted by Crippen LogP contribution is -2.14. The van der Waals surface area contributed by atoms with Gasteiger partial charge in [0.25, 0.3) is 5.22 Å². The minimum Gasteiger partial charge on any atom is -0.495 e. The Balaban J connectivity index is 1.62. The van der Waals surface area contributed by atoms with Crippen LogP contribution >= 0.6 is 27.7 Å². The van der Waals surface area contributed by atoms with E-state index in [1.807, 2.05) is 49.4 Å². The largest absolute Gasteiger partial charge is 0.495 e. The van der Waals surface area contributed by atoms with Crippen LogP contribution in [0.3, 0.4) is 0 Å². The number of aromatic nitrogens is 2. The summed E-state index contributed by atoms with van der Waals surface area (Å²) in [5.74, 6) is 0.984. The average Bonchev–Trinajstić information content (AvgIpc) is 3.09. The van der Waals surface area contributed by atoms with Gasteiger partial charge < -0.3 is 14.5 Å². The maximum atomic E-state index is 12.2. The van der Waals surface area contributed by atoms with Gasteiger partial charge >= 0.3 is 0 Å². The van der Waals surface area contributed by atoms with Crippen LogP contribution in [0.25, 0.3) is 11.5 Å². The van der Waals surface area contributed by atoms with Gasteiger partial charge in [-0.15, -0.1) is 10.2 Å². The predicted molar refractivity (Wildman–Crippen MR) is 105 cm³/mol. The van der Waals surface area contributed by atoms with Crippen LogP contribution in [0.15, 0.2) is 56.6 Å². The molecule has 1 heterocycles. The van der Waals surface area contributed by atoms with Crippen molar-refractivity contribution in [2.45, 2.75) is 12.1 Å². The third kappa shape index (κ3) is 4.44. The molecule has 134 valence electrons. The minimum atomic E-state index is -0.181. The number of halogens is 1. The molecule has 6 nitrogen and oxygen atoms in total. The number of ether oxygens (including phenoxy) is 1. The number of amides is 1. The molecule has 3 aromatic rings. The third-order valence-corrected chi connectivity index (χ3v) is 4.98.